The summed E-state index contributed by atoms with van der Waals surface area (Å²) in [5.41, 5.74) is 9.45. The van der Waals surface area contributed by atoms with Gasteiger partial charge in [0, 0.05) is 12.6 Å². The lowest BCUT2D eigenvalue weighted by atomic mass is 9.78. The minimum atomic E-state index is 0.145. The number of likely N-dealkylation sites (tertiary alicyclic amines) is 1. The van der Waals surface area contributed by atoms with Gasteiger partial charge in [0.1, 0.15) is 0 Å². The van der Waals surface area contributed by atoms with E-state index < -0.39 is 0 Å². The smallest absolute Gasteiger partial charge is 0.0424 e. The Morgan fingerprint density at radius 3 is 2.32 bits per heavy atom. The molecule has 2 rings (SSSR count). The maximum absolute atomic E-state index is 6.33. The number of rotatable bonds is 4. The molecule has 2 heteroatoms. The summed E-state index contributed by atoms with van der Waals surface area (Å²) in [6.45, 7) is 10.2. The second-order valence-corrected chi connectivity index (χ2v) is 6.48. The van der Waals surface area contributed by atoms with Crippen LogP contribution in [0.15, 0.2) is 24.3 Å². The second kappa shape index (κ2) is 6.06. The van der Waals surface area contributed by atoms with E-state index in [4.69, 9.17) is 5.73 Å². The normalized spacial score (nSPS) is 21.3. The van der Waals surface area contributed by atoms with Crippen molar-refractivity contribution in [1.82, 2.24) is 4.90 Å². The molecule has 1 saturated heterocycles. The van der Waals surface area contributed by atoms with Crippen LogP contribution in [0.3, 0.4) is 0 Å². The summed E-state index contributed by atoms with van der Waals surface area (Å²) in [5.74, 6) is 0. The van der Waals surface area contributed by atoms with E-state index in [1.54, 1.807) is 0 Å². The third-order valence-electron chi connectivity index (χ3n) is 4.88. The molecule has 0 amide bonds. The van der Waals surface area contributed by atoms with Crippen molar-refractivity contribution in [1.29, 1.82) is 0 Å². The molecular formula is C17H28N2. The quantitative estimate of drug-likeness (QED) is 0.897. The predicted molar refractivity (Wildman–Crippen MR) is 82.2 cm³/mol. The van der Waals surface area contributed by atoms with Gasteiger partial charge < -0.3 is 10.6 Å². The maximum Gasteiger partial charge on any atom is 0.0424 e. The third kappa shape index (κ3) is 3.80. The Balaban J connectivity index is 1.87. The highest BCUT2D eigenvalue weighted by Gasteiger charge is 2.28. The van der Waals surface area contributed by atoms with E-state index in [1.807, 2.05) is 0 Å². The van der Waals surface area contributed by atoms with Crippen molar-refractivity contribution in [3.63, 3.8) is 0 Å². The molecule has 1 aliphatic rings. The van der Waals surface area contributed by atoms with Crippen molar-refractivity contribution in [2.75, 3.05) is 19.6 Å². The van der Waals surface area contributed by atoms with E-state index in [0.717, 1.165) is 6.54 Å². The van der Waals surface area contributed by atoms with Crippen LogP contribution in [-0.4, -0.2) is 24.5 Å². The van der Waals surface area contributed by atoms with Gasteiger partial charge in [0.2, 0.25) is 0 Å². The number of piperidine rings is 1. The molecule has 0 aromatic heterocycles. The highest BCUT2D eigenvalue weighted by atomic mass is 15.1. The SMILES string of the molecule is CCC1(C)CCN(CC(N)c2ccc(C)cc2)CC1. The zero-order chi connectivity index (χ0) is 13.9. The van der Waals surface area contributed by atoms with Crippen molar-refractivity contribution in [2.45, 2.75) is 46.1 Å². The van der Waals surface area contributed by atoms with Crippen molar-refractivity contribution >= 4 is 0 Å². The van der Waals surface area contributed by atoms with Gasteiger partial charge in [0.15, 0.2) is 0 Å². The van der Waals surface area contributed by atoms with Gasteiger partial charge in [0.05, 0.1) is 0 Å². The third-order valence-corrected chi connectivity index (χ3v) is 4.88. The number of nitrogens with zero attached hydrogens (tertiary/aromatic N) is 1. The molecule has 1 unspecified atom stereocenters. The van der Waals surface area contributed by atoms with E-state index in [2.05, 4.69) is 49.9 Å². The monoisotopic (exact) mass is 260 g/mol. The summed E-state index contributed by atoms with van der Waals surface area (Å²) in [7, 11) is 0. The van der Waals surface area contributed by atoms with Gasteiger partial charge in [-0.3, -0.25) is 0 Å². The maximum atomic E-state index is 6.33. The van der Waals surface area contributed by atoms with Crippen molar-refractivity contribution in [3.05, 3.63) is 35.4 Å². The number of hydrogen-bond acceptors (Lipinski definition) is 2. The molecule has 2 nitrogen and oxygen atoms in total. The van der Waals surface area contributed by atoms with Crippen molar-refractivity contribution in [2.24, 2.45) is 11.1 Å². The van der Waals surface area contributed by atoms with Crippen molar-refractivity contribution < 1.29 is 0 Å². The minimum absolute atomic E-state index is 0.145. The summed E-state index contributed by atoms with van der Waals surface area (Å²) in [6, 6.07) is 8.78. The molecule has 0 radical (unpaired) electrons. The van der Waals surface area contributed by atoms with Crippen LogP contribution < -0.4 is 5.73 Å². The molecule has 1 aliphatic heterocycles. The molecule has 19 heavy (non-hydrogen) atoms. The van der Waals surface area contributed by atoms with E-state index in [1.165, 1.54) is 43.5 Å². The van der Waals surface area contributed by atoms with Crippen LogP contribution in [0.25, 0.3) is 0 Å². The lowest BCUT2D eigenvalue weighted by Crippen LogP contribution is -2.41. The predicted octanol–water partition coefficient (Wildman–Crippen LogP) is 3.51. The Labute approximate surface area is 118 Å². The summed E-state index contributed by atoms with van der Waals surface area (Å²) in [4.78, 5) is 2.53. The van der Waals surface area contributed by atoms with Gasteiger partial charge in [-0.2, -0.15) is 0 Å². The van der Waals surface area contributed by atoms with Gasteiger partial charge in [-0.15, -0.1) is 0 Å². The highest BCUT2D eigenvalue weighted by molar-refractivity contribution is 5.24. The molecule has 0 saturated carbocycles. The first-order valence-corrected chi connectivity index (χ1v) is 7.57. The molecule has 2 N–H and O–H groups in total. The topological polar surface area (TPSA) is 29.3 Å². The van der Waals surface area contributed by atoms with Crippen LogP contribution in [0, 0.1) is 12.3 Å². The fourth-order valence-electron chi connectivity index (χ4n) is 2.83. The molecule has 1 atom stereocenters. The molecular weight excluding hydrogens is 232 g/mol. The van der Waals surface area contributed by atoms with Crippen LogP contribution in [0.2, 0.25) is 0 Å². The fourth-order valence-corrected chi connectivity index (χ4v) is 2.83. The molecule has 106 valence electrons. The molecule has 1 heterocycles. The first-order valence-electron chi connectivity index (χ1n) is 7.57. The molecule has 1 fully saturated rings. The van der Waals surface area contributed by atoms with Crippen LogP contribution in [0.4, 0.5) is 0 Å². The summed E-state index contributed by atoms with van der Waals surface area (Å²) >= 11 is 0. The number of hydrogen-bond donors (Lipinski definition) is 1. The molecule has 1 aromatic carbocycles. The number of benzene rings is 1. The Hall–Kier alpha value is -0.860. The van der Waals surface area contributed by atoms with Crippen molar-refractivity contribution in [3.8, 4) is 0 Å². The summed E-state index contributed by atoms with van der Waals surface area (Å²) in [6.07, 6.45) is 3.92. The Bertz CT molecular complexity index is 388. The average Bonchev–Trinajstić information content (AvgIpc) is 2.42. The van der Waals surface area contributed by atoms with Crippen LogP contribution in [0.1, 0.15) is 50.3 Å². The van der Waals surface area contributed by atoms with E-state index in [-0.39, 0.29) is 6.04 Å². The summed E-state index contributed by atoms with van der Waals surface area (Å²) < 4.78 is 0. The average molecular weight is 260 g/mol. The van der Waals surface area contributed by atoms with Crippen LogP contribution >= 0.6 is 0 Å². The number of nitrogens with two attached hydrogens (primary N) is 1. The lowest BCUT2D eigenvalue weighted by molar-refractivity contribution is 0.110. The summed E-state index contributed by atoms with van der Waals surface area (Å²) in [5, 5.41) is 0. The van der Waals surface area contributed by atoms with E-state index in [0.29, 0.717) is 5.41 Å². The zero-order valence-electron chi connectivity index (χ0n) is 12.7. The fraction of sp³-hybridized carbons (Fsp3) is 0.647. The number of aryl methyl sites for hydroxylation is 1. The molecule has 0 spiro atoms. The highest BCUT2D eigenvalue weighted by Crippen LogP contribution is 2.34. The molecule has 0 aliphatic carbocycles. The van der Waals surface area contributed by atoms with Crippen LogP contribution in [0.5, 0.6) is 0 Å². The standard InChI is InChI=1S/C17H28N2/c1-4-17(3)9-11-19(12-10-17)13-16(18)15-7-5-14(2)6-8-15/h5-8,16H,4,9-13,18H2,1-3H3. The van der Waals surface area contributed by atoms with E-state index >= 15 is 0 Å². The van der Waals surface area contributed by atoms with Gasteiger partial charge in [0.25, 0.3) is 0 Å². The first-order chi connectivity index (χ1) is 9.02. The largest absolute Gasteiger partial charge is 0.323 e. The molecule has 0 bridgehead atoms. The minimum Gasteiger partial charge on any atom is -0.323 e. The van der Waals surface area contributed by atoms with Gasteiger partial charge in [-0.1, -0.05) is 50.1 Å². The zero-order valence-corrected chi connectivity index (χ0v) is 12.7. The lowest BCUT2D eigenvalue weighted by Gasteiger charge is -2.39. The Morgan fingerprint density at radius 1 is 1.21 bits per heavy atom. The molecule has 1 aromatic rings. The van der Waals surface area contributed by atoms with E-state index in [9.17, 15) is 0 Å². The first kappa shape index (κ1) is 14.5. The Morgan fingerprint density at radius 2 is 1.79 bits per heavy atom. The van der Waals surface area contributed by atoms with Crippen LogP contribution in [-0.2, 0) is 0 Å². The van der Waals surface area contributed by atoms with Gasteiger partial charge >= 0.3 is 0 Å². The Kier molecular flexibility index (Phi) is 4.64. The van der Waals surface area contributed by atoms with Gasteiger partial charge in [-0.25, -0.2) is 0 Å². The van der Waals surface area contributed by atoms with Gasteiger partial charge in [-0.05, 0) is 43.8 Å². The second-order valence-electron chi connectivity index (χ2n) is 6.48.